The Hall–Kier alpha value is -1.50. The fourth-order valence-electron chi connectivity index (χ4n) is 1.89. The van der Waals surface area contributed by atoms with Gasteiger partial charge in [0.25, 0.3) is 5.91 Å². The monoisotopic (exact) mass is 369 g/mol. The van der Waals surface area contributed by atoms with Crippen molar-refractivity contribution >= 4 is 46.6 Å². The first-order chi connectivity index (χ1) is 11.0. The third-order valence-electron chi connectivity index (χ3n) is 3.08. The maximum Gasteiger partial charge on any atom is 0.340 e. The predicted octanol–water partition coefficient (Wildman–Crippen LogP) is 4.16. The molecule has 23 heavy (non-hydrogen) atoms. The number of hydrogen-bond donors (Lipinski definition) is 1. The number of amides is 1. The van der Waals surface area contributed by atoms with E-state index < -0.39 is 5.97 Å². The molecule has 0 radical (unpaired) electrons. The van der Waals surface area contributed by atoms with Crippen molar-refractivity contribution in [3.8, 4) is 0 Å². The van der Waals surface area contributed by atoms with Crippen molar-refractivity contribution in [3.63, 3.8) is 0 Å². The van der Waals surface area contributed by atoms with Gasteiger partial charge in [-0.05, 0) is 42.8 Å². The van der Waals surface area contributed by atoms with Gasteiger partial charge in [-0.15, -0.1) is 23.1 Å². The van der Waals surface area contributed by atoms with Crippen molar-refractivity contribution in [2.24, 2.45) is 0 Å². The molecule has 1 aromatic heterocycles. The van der Waals surface area contributed by atoms with E-state index in [0.29, 0.717) is 5.02 Å². The van der Waals surface area contributed by atoms with Crippen LogP contribution in [0.15, 0.2) is 40.6 Å². The van der Waals surface area contributed by atoms with Crippen LogP contribution in [0, 0.1) is 0 Å². The molecule has 0 aliphatic heterocycles. The smallest absolute Gasteiger partial charge is 0.340 e. The number of carbonyl (C=O) groups is 2. The quantitative estimate of drug-likeness (QED) is 0.613. The Balaban J connectivity index is 1.90. The molecule has 0 saturated heterocycles. The largest absolute Gasteiger partial charge is 0.452 e. The number of thiophene rings is 1. The summed E-state index contributed by atoms with van der Waals surface area (Å²) in [4.78, 5) is 25.9. The van der Waals surface area contributed by atoms with E-state index in [-0.39, 0.29) is 24.1 Å². The highest BCUT2D eigenvalue weighted by molar-refractivity contribution is 7.98. The summed E-state index contributed by atoms with van der Waals surface area (Å²) in [5, 5.41) is 5.03. The van der Waals surface area contributed by atoms with E-state index in [4.69, 9.17) is 16.3 Å². The predicted molar refractivity (Wildman–Crippen MR) is 94.4 cm³/mol. The molecule has 0 aliphatic carbocycles. The Kier molecular flexibility index (Phi) is 6.50. The van der Waals surface area contributed by atoms with Crippen molar-refractivity contribution in [2.75, 3.05) is 12.9 Å². The standard InChI is InChI=1S/C16H16ClNO3S2/c1-10(14-4-3-7-23-14)18-15(19)9-21-16(20)12-8-11(22-2)5-6-13(12)17/h3-8,10H,9H2,1-2H3,(H,18,19)/t10-/m1/s1. The van der Waals surface area contributed by atoms with Crippen molar-refractivity contribution in [3.05, 3.63) is 51.2 Å². The molecular formula is C16H16ClNO3S2. The van der Waals surface area contributed by atoms with E-state index in [2.05, 4.69) is 5.32 Å². The molecule has 122 valence electrons. The maximum absolute atomic E-state index is 12.1. The summed E-state index contributed by atoms with van der Waals surface area (Å²) in [6, 6.07) is 8.85. The number of nitrogens with one attached hydrogen (secondary N) is 1. The van der Waals surface area contributed by atoms with Crippen LogP contribution in [-0.2, 0) is 9.53 Å². The molecule has 0 aliphatic rings. The Morgan fingerprint density at radius 2 is 2.17 bits per heavy atom. The fraction of sp³-hybridized carbons (Fsp3) is 0.250. The average molecular weight is 370 g/mol. The summed E-state index contributed by atoms with van der Waals surface area (Å²) in [5.74, 6) is -0.957. The Bertz CT molecular complexity index is 689. The van der Waals surface area contributed by atoms with Gasteiger partial charge in [0.05, 0.1) is 16.6 Å². The number of halogens is 1. The van der Waals surface area contributed by atoms with Crippen LogP contribution in [0.5, 0.6) is 0 Å². The molecule has 2 aromatic rings. The zero-order valence-corrected chi connectivity index (χ0v) is 15.1. The minimum absolute atomic E-state index is 0.121. The molecule has 0 spiro atoms. The molecule has 2 rings (SSSR count). The molecule has 1 atom stereocenters. The highest BCUT2D eigenvalue weighted by Crippen LogP contribution is 2.23. The summed E-state index contributed by atoms with van der Waals surface area (Å²) in [7, 11) is 0. The summed E-state index contributed by atoms with van der Waals surface area (Å²) < 4.78 is 5.05. The Morgan fingerprint density at radius 3 is 2.83 bits per heavy atom. The lowest BCUT2D eigenvalue weighted by Gasteiger charge is -2.12. The van der Waals surface area contributed by atoms with Gasteiger partial charge in [0.15, 0.2) is 6.61 Å². The Labute approximate surface area is 148 Å². The number of rotatable bonds is 6. The van der Waals surface area contributed by atoms with Crippen LogP contribution in [0.1, 0.15) is 28.2 Å². The number of ether oxygens (including phenoxy) is 1. The van der Waals surface area contributed by atoms with Gasteiger partial charge in [0, 0.05) is 9.77 Å². The van der Waals surface area contributed by atoms with Crippen molar-refractivity contribution in [1.29, 1.82) is 0 Å². The summed E-state index contributed by atoms with van der Waals surface area (Å²) in [6.07, 6.45) is 1.90. The zero-order chi connectivity index (χ0) is 16.8. The molecule has 4 nitrogen and oxygen atoms in total. The maximum atomic E-state index is 12.1. The highest BCUT2D eigenvalue weighted by Gasteiger charge is 2.16. The first-order valence-electron chi connectivity index (χ1n) is 6.84. The van der Waals surface area contributed by atoms with Gasteiger partial charge in [-0.1, -0.05) is 17.7 Å². The second kappa shape index (κ2) is 8.38. The lowest BCUT2D eigenvalue weighted by atomic mass is 10.2. The molecule has 0 bridgehead atoms. The number of esters is 1. The van der Waals surface area contributed by atoms with Crippen LogP contribution in [0.4, 0.5) is 0 Å². The minimum atomic E-state index is -0.607. The molecular weight excluding hydrogens is 354 g/mol. The second-order valence-electron chi connectivity index (χ2n) is 4.73. The summed E-state index contributed by atoms with van der Waals surface area (Å²) in [6.45, 7) is 1.54. The van der Waals surface area contributed by atoms with E-state index in [1.165, 1.54) is 11.8 Å². The van der Waals surface area contributed by atoms with Crippen molar-refractivity contribution in [1.82, 2.24) is 5.32 Å². The Morgan fingerprint density at radius 1 is 1.39 bits per heavy atom. The van der Waals surface area contributed by atoms with Gasteiger partial charge in [-0.2, -0.15) is 0 Å². The first kappa shape index (κ1) is 17.8. The molecule has 0 fully saturated rings. The first-order valence-corrected chi connectivity index (χ1v) is 9.33. The van der Waals surface area contributed by atoms with Crippen molar-refractivity contribution < 1.29 is 14.3 Å². The molecule has 7 heteroatoms. The number of carbonyl (C=O) groups excluding carboxylic acids is 2. The molecule has 0 unspecified atom stereocenters. The van der Waals surface area contributed by atoms with E-state index in [1.54, 1.807) is 23.5 Å². The molecule has 1 aromatic carbocycles. The van der Waals surface area contributed by atoms with E-state index in [9.17, 15) is 9.59 Å². The number of thioether (sulfide) groups is 1. The lowest BCUT2D eigenvalue weighted by molar-refractivity contribution is -0.124. The second-order valence-corrected chi connectivity index (χ2v) is 6.99. The van der Waals surface area contributed by atoms with E-state index in [0.717, 1.165) is 9.77 Å². The number of hydrogen-bond acceptors (Lipinski definition) is 5. The lowest BCUT2D eigenvalue weighted by Crippen LogP contribution is -2.30. The summed E-state index contributed by atoms with van der Waals surface area (Å²) in [5.41, 5.74) is 0.262. The van der Waals surface area contributed by atoms with E-state index in [1.807, 2.05) is 36.8 Å². The minimum Gasteiger partial charge on any atom is -0.452 e. The molecule has 1 amide bonds. The van der Waals surface area contributed by atoms with Gasteiger partial charge < -0.3 is 10.1 Å². The van der Waals surface area contributed by atoms with Crippen LogP contribution < -0.4 is 5.32 Å². The van der Waals surface area contributed by atoms with Crippen LogP contribution in [0.25, 0.3) is 0 Å². The van der Waals surface area contributed by atoms with Crippen LogP contribution in [0.2, 0.25) is 5.02 Å². The third kappa shape index (κ3) is 4.99. The van der Waals surface area contributed by atoms with Crippen molar-refractivity contribution in [2.45, 2.75) is 17.9 Å². The molecule has 1 heterocycles. The van der Waals surface area contributed by atoms with Gasteiger partial charge >= 0.3 is 5.97 Å². The summed E-state index contributed by atoms with van der Waals surface area (Å²) >= 11 is 9.06. The fourth-order valence-corrected chi connectivity index (χ4v) is 3.26. The van der Waals surface area contributed by atoms with Gasteiger partial charge in [-0.25, -0.2) is 4.79 Å². The highest BCUT2D eigenvalue weighted by atomic mass is 35.5. The molecule has 1 N–H and O–H groups in total. The topological polar surface area (TPSA) is 55.4 Å². The zero-order valence-electron chi connectivity index (χ0n) is 12.7. The average Bonchev–Trinajstić information content (AvgIpc) is 3.07. The van der Waals surface area contributed by atoms with Gasteiger partial charge in [0.2, 0.25) is 0 Å². The van der Waals surface area contributed by atoms with Crippen LogP contribution >= 0.6 is 34.7 Å². The van der Waals surface area contributed by atoms with Crippen LogP contribution in [-0.4, -0.2) is 24.7 Å². The number of benzene rings is 1. The third-order valence-corrected chi connectivity index (χ3v) is 5.19. The SMILES string of the molecule is CSc1ccc(Cl)c(C(=O)OCC(=O)N[C@H](C)c2cccs2)c1. The normalized spacial score (nSPS) is 11.8. The van der Waals surface area contributed by atoms with E-state index >= 15 is 0 Å². The molecule has 0 saturated carbocycles. The van der Waals surface area contributed by atoms with Gasteiger partial charge in [-0.3, -0.25) is 4.79 Å². The van der Waals surface area contributed by atoms with Gasteiger partial charge in [0.1, 0.15) is 0 Å². The van der Waals surface area contributed by atoms with Crippen LogP contribution in [0.3, 0.4) is 0 Å².